The average Bonchev–Trinajstić information content (AvgIpc) is 3.25. The highest BCUT2D eigenvalue weighted by Crippen LogP contribution is 2.38. The zero-order valence-corrected chi connectivity index (χ0v) is 43.6. The molecule has 9 heteroatoms. The smallest absolute Gasteiger partial charge is 0.268 e. The molecule has 0 aromatic carbocycles. The minimum Gasteiger partial charge on any atom is -0.756 e. The van der Waals surface area contributed by atoms with Crippen molar-refractivity contribution in [1.82, 2.24) is 5.32 Å². The fourth-order valence-electron chi connectivity index (χ4n) is 7.84. The lowest BCUT2D eigenvalue weighted by Gasteiger charge is -2.29. The van der Waals surface area contributed by atoms with E-state index >= 15 is 0 Å². The van der Waals surface area contributed by atoms with Crippen LogP contribution in [-0.4, -0.2) is 68.5 Å². The first kappa shape index (κ1) is 62.5. The number of nitrogens with one attached hydrogen (secondary N) is 1. The van der Waals surface area contributed by atoms with E-state index in [2.05, 4.69) is 42.6 Å². The van der Waals surface area contributed by atoms with Crippen LogP contribution in [0.2, 0.25) is 0 Å². The van der Waals surface area contributed by atoms with Crippen molar-refractivity contribution >= 4 is 13.7 Å². The Hall–Kier alpha value is -1.54. The van der Waals surface area contributed by atoms with Crippen molar-refractivity contribution in [2.45, 2.75) is 257 Å². The number of hydrogen-bond donors (Lipinski definition) is 2. The quantitative estimate of drug-likeness (QED) is 0.0272. The SMILES string of the molecule is C/C=C/CC/C=C/CC/C=C/C(O)C(COP(=O)([O-])OCC[N+](C)(C)C)NC(=O)CCCCCCCCCCCCCCCCCCCCCCC/C=C\CCCCCCCCCC. The van der Waals surface area contributed by atoms with Gasteiger partial charge in [-0.25, -0.2) is 0 Å². The summed E-state index contributed by atoms with van der Waals surface area (Å²) in [7, 11) is 1.23. The molecule has 0 aliphatic heterocycles. The van der Waals surface area contributed by atoms with E-state index in [-0.39, 0.29) is 12.5 Å². The Morgan fingerprint density at radius 2 is 0.938 bits per heavy atom. The van der Waals surface area contributed by atoms with Gasteiger partial charge in [-0.2, -0.15) is 0 Å². The van der Waals surface area contributed by atoms with Gasteiger partial charge < -0.3 is 28.8 Å². The summed E-state index contributed by atoms with van der Waals surface area (Å²) in [5.74, 6) is -0.212. The van der Waals surface area contributed by atoms with E-state index in [1.807, 2.05) is 40.2 Å². The molecule has 0 aromatic heterocycles. The molecular formula is C55H105N2O6P. The number of phosphoric ester groups is 1. The van der Waals surface area contributed by atoms with Gasteiger partial charge in [0.2, 0.25) is 5.91 Å². The van der Waals surface area contributed by atoms with E-state index in [1.54, 1.807) is 6.08 Å². The number of unbranched alkanes of at least 4 members (excludes halogenated alkanes) is 31. The highest BCUT2D eigenvalue weighted by molar-refractivity contribution is 7.45. The zero-order valence-electron chi connectivity index (χ0n) is 42.7. The number of carbonyl (C=O) groups excluding carboxylic acids is 1. The molecule has 1 amide bonds. The van der Waals surface area contributed by atoms with E-state index in [4.69, 9.17) is 9.05 Å². The van der Waals surface area contributed by atoms with Crippen LogP contribution in [-0.2, 0) is 18.4 Å². The van der Waals surface area contributed by atoms with Gasteiger partial charge in [-0.15, -0.1) is 0 Å². The van der Waals surface area contributed by atoms with Crippen molar-refractivity contribution in [1.29, 1.82) is 0 Å². The van der Waals surface area contributed by atoms with Gasteiger partial charge in [0.25, 0.3) is 7.82 Å². The summed E-state index contributed by atoms with van der Waals surface area (Å²) in [6, 6.07) is -0.906. The van der Waals surface area contributed by atoms with E-state index in [1.165, 1.54) is 180 Å². The molecule has 0 radical (unpaired) electrons. The molecule has 0 rings (SSSR count). The van der Waals surface area contributed by atoms with Crippen LogP contribution in [0.4, 0.5) is 0 Å². The minimum absolute atomic E-state index is 0.00914. The maximum absolute atomic E-state index is 12.9. The number of aliphatic hydroxyl groups excluding tert-OH is 1. The van der Waals surface area contributed by atoms with Gasteiger partial charge in [0, 0.05) is 6.42 Å². The molecule has 376 valence electrons. The van der Waals surface area contributed by atoms with Crippen LogP contribution >= 0.6 is 7.82 Å². The summed E-state index contributed by atoms with van der Waals surface area (Å²) in [5, 5.41) is 13.7. The summed E-state index contributed by atoms with van der Waals surface area (Å²) >= 11 is 0. The van der Waals surface area contributed by atoms with Crippen LogP contribution in [0.25, 0.3) is 0 Å². The van der Waals surface area contributed by atoms with E-state index in [9.17, 15) is 19.4 Å². The first-order valence-corrected chi connectivity index (χ1v) is 28.4. The Labute approximate surface area is 397 Å². The summed E-state index contributed by atoms with van der Waals surface area (Å²) in [4.78, 5) is 25.3. The molecule has 8 nitrogen and oxygen atoms in total. The van der Waals surface area contributed by atoms with Gasteiger partial charge in [0.15, 0.2) is 0 Å². The Morgan fingerprint density at radius 1 is 0.562 bits per heavy atom. The predicted octanol–water partition coefficient (Wildman–Crippen LogP) is 15.3. The summed E-state index contributed by atoms with van der Waals surface area (Å²) < 4.78 is 23.1. The number of likely N-dealkylation sites (N-methyl/N-ethyl adjacent to an activating group) is 1. The molecule has 0 aromatic rings. The molecule has 64 heavy (non-hydrogen) atoms. The van der Waals surface area contributed by atoms with Crippen LogP contribution in [0.3, 0.4) is 0 Å². The molecule has 0 fully saturated rings. The second-order valence-electron chi connectivity index (χ2n) is 19.6. The van der Waals surface area contributed by atoms with E-state index in [0.717, 1.165) is 44.9 Å². The molecule has 3 atom stereocenters. The summed E-state index contributed by atoms with van der Waals surface area (Å²) in [5.41, 5.74) is 0. The second kappa shape index (κ2) is 46.6. The predicted molar refractivity (Wildman–Crippen MR) is 274 cm³/mol. The Morgan fingerprint density at radius 3 is 1.36 bits per heavy atom. The molecule has 3 unspecified atom stereocenters. The summed E-state index contributed by atoms with van der Waals surface area (Å²) in [6.45, 7) is 4.39. The number of amides is 1. The average molecular weight is 921 g/mol. The van der Waals surface area contributed by atoms with Crippen LogP contribution in [0, 0.1) is 0 Å². The largest absolute Gasteiger partial charge is 0.756 e. The molecular weight excluding hydrogens is 816 g/mol. The lowest BCUT2D eigenvalue weighted by molar-refractivity contribution is -0.870. The van der Waals surface area contributed by atoms with Crippen LogP contribution in [0.1, 0.15) is 245 Å². The Bertz CT molecular complexity index is 1180. The normalized spacial score (nSPS) is 14.4. The lowest BCUT2D eigenvalue weighted by atomic mass is 10.0. The van der Waals surface area contributed by atoms with Crippen molar-refractivity contribution in [2.24, 2.45) is 0 Å². The highest BCUT2D eigenvalue weighted by atomic mass is 31.2. The summed E-state index contributed by atoms with van der Waals surface area (Å²) in [6.07, 6.45) is 61.0. The van der Waals surface area contributed by atoms with Crippen molar-refractivity contribution in [3.63, 3.8) is 0 Å². The minimum atomic E-state index is -4.60. The second-order valence-corrected chi connectivity index (χ2v) is 21.0. The fraction of sp³-hybridized carbons (Fsp3) is 0.836. The molecule has 0 aliphatic carbocycles. The fourth-order valence-corrected chi connectivity index (χ4v) is 8.56. The van der Waals surface area contributed by atoms with Crippen LogP contribution in [0.15, 0.2) is 48.6 Å². The topological polar surface area (TPSA) is 108 Å². The third kappa shape index (κ3) is 48.4. The molecule has 2 N–H and O–H groups in total. The van der Waals surface area contributed by atoms with Gasteiger partial charge in [-0.3, -0.25) is 9.36 Å². The first-order chi connectivity index (χ1) is 31.0. The number of hydrogen-bond acceptors (Lipinski definition) is 6. The number of nitrogens with zero attached hydrogens (tertiary/aromatic N) is 1. The Balaban J connectivity index is 3.91. The van der Waals surface area contributed by atoms with Gasteiger partial charge in [0.1, 0.15) is 13.2 Å². The number of aliphatic hydroxyl groups is 1. The standard InChI is InChI=1S/C55H105N2O6P/c1-6-8-10-12-14-16-17-18-19-20-21-22-23-24-25-26-27-28-29-30-31-32-33-34-35-36-37-38-39-41-43-45-47-49-55(59)56-53(52-63-64(60,61)62-51-50-57(3,4)5)54(58)48-46-44-42-40-15-13-11-9-7-2/h7,9,15,20-21,40,46,48,53-54,58H,6,8,10-14,16-19,22-39,41-45,47,49-52H2,1-5H3,(H-,56,59,60,61)/b9-7+,21-20-,40-15+,48-46+. The van der Waals surface area contributed by atoms with Gasteiger partial charge in [0.05, 0.1) is 39.9 Å². The van der Waals surface area contributed by atoms with Gasteiger partial charge in [-0.1, -0.05) is 222 Å². The first-order valence-electron chi connectivity index (χ1n) is 27.0. The van der Waals surface area contributed by atoms with Crippen molar-refractivity contribution in [2.75, 3.05) is 40.9 Å². The lowest BCUT2D eigenvalue weighted by Crippen LogP contribution is -2.45. The Kier molecular flexibility index (Phi) is 45.4. The van der Waals surface area contributed by atoms with Crippen LogP contribution in [0.5, 0.6) is 0 Å². The van der Waals surface area contributed by atoms with Crippen molar-refractivity contribution in [3.8, 4) is 0 Å². The number of rotatable bonds is 49. The molecule has 0 spiro atoms. The third-order valence-electron chi connectivity index (χ3n) is 12.1. The number of quaternary nitrogens is 1. The van der Waals surface area contributed by atoms with Gasteiger partial charge in [-0.05, 0) is 64.7 Å². The molecule has 0 bridgehead atoms. The van der Waals surface area contributed by atoms with Crippen molar-refractivity contribution < 1.29 is 32.9 Å². The van der Waals surface area contributed by atoms with E-state index < -0.39 is 26.6 Å². The maximum atomic E-state index is 12.9. The molecule has 0 heterocycles. The zero-order chi connectivity index (χ0) is 47.1. The van der Waals surface area contributed by atoms with Crippen molar-refractivity contribution in [3.05, 3.63) is 48.6 Å². The maximum Gasteiger partial charge on any atom is 0.268 e. The molecule has 0 saturated heterocycles. The number of carbonyl (C=O) groups is 1. The molecule has 0 saturated carbocycles. The molecule has 0 aliphatic rings. The van der Waals surface area contributed by atoms with Crippen LogP contribution < -0.4 is 10.2 Å². The highest BCUT2D eigenvalue weighted by Gasteiger charge is 2.23. The number of phosphoric acid groups is 1. The van der Waals surface area contributed by atoms with E-state index in [0.29, 0.717) is 17.4 Å². The van der Waals surface area contributed by atoms with Gasteiger partial charge >= 0.3 is 0 Å². The monoisotopic (exact) mass is 921 g/mol. The number of allylic oxidation sites excluding steroid dienone is 7. The third-order valence-corrected chi connectivity index (χ3v) is 13.0.